The molecule has 0 radical (unpaired) electrons. The van der Waals surface area contributed by atoms with E-state index in [1.54, 1.807) is 20.2 Å². The monoisotopic (exact) mass is 288 g/mol. The number of methoxy groups -OCH3 is 1. The molecule has 1 aromatic heterocycles. The van der Waals surface area contributed by atoms with Crippen LogP contribution in [0.2, 0.25) is 0 Å². The lowest BCUT2D eigenvalue weighted by Gasteiger charge is -2.19. The number of hydrogen-bond acceptors (Lipinski definition) is 4. The molecule has 21 heavy (non-hydrogen) atoms. The summed E-state index contributed by atoms with van der Waals surface area (Å²) < 4.78 is 5.27. The summed E-state index contributed by atoms with van der Waals surface area (Å²) in [5, 5.41) is 6.89. The van der Waals surface area contributed by atoms with Crippen LogP contribution < -0.4 is 15.4 Å². The van der Waals surface area contributed by atoms with E-state index in [-0.39, 0.29) is 17.5 Å². The average Bonchev–Trinajstić information content (AvgIpc) is 2.87. The minimum Gasteiger partial charge on any atom is -0.495 e. The van der Waals surface area contributed by atoms with Crippen molar-refractivity contribution in [3.05, 3.63) is 35.7 Å². The second kappa shape index (κ2) is 5.87. The number of nitrogens with zero attached hydrogens (tertiary/aromatic N) is 2. The topological polar surface area (TPSA) is 84.2 Å². The molecule has 0 atom stereocenters. The Labute approximate surface area is 123 Å². The van der Waals surface area contributed by atoms with E-state index in [0.29, 0.717) is 17.1 Å². The number of aromatic amines is 1. The van der Waals surface area contributed by atoms with Crippen LogP contribution in [0.3, 0.4) is 0 Å². The molecular formula is C15H20N4O2. The third-order valence-electron chi connectivity index (χ3n) is 3.36. The first kappa shape index (κ1) is 14.9. The highest BCUT2D eigenvalue weighted by Gasteiger charge is 2.24. The van der Waals surface area contributed by atoms with Crippen molar-refractivity contribution in [2.75, 3.05) is 24.8 Å². The number of ether oxygens (including phenoxy) is 1. The van der Waals surface area contributed by atoms with Gasteiger partial charge in [-0.05, 0) is 18.1 Å². The molecule has 6 heteroatoms. The Balaban J connectivity index is 2.36. The predicted octanol–water partition coefficient (Wildman–Crippen LogP) is 2.40. The molecule has 112 valence electrons. The van der Waals surface area contributed by atoms with Crippen LogP contribution in [0.15, 0.2) is 24.3 Å². The van der Waals surface area contributed by atoms with Crippen LogP contribution in [-0.2, 0) is 0 Å². The molecule has 1 heterocycles. The fourth-order valence-electron chi connectivity index (χ4n) is 2.14. The van der Waals surface area contributed by atoms with E-state index < -0.39 is 0 Å². The summed E-state index contributed by atoms with van der Waals surface area (Å²) >= 11 is 0. The zero-order chi connectivity index (χ0) is 15.6. The highest BCUT2D eigenvalue weighted by atomic mass is 16.5. The minimum absolute atomic E-state index is 0.176. The van der Waals surface area contributed by atoms with Crippen molar-refractivity contribution in [2.24, 2.45) is 0 Å². The number of nitrogens with two attached hydrogens (primary N) is 1. The Morgan fingerprint density at radius 1 is 1.38 bits per heavy atom. The molecule has 0 aliphatic carbocycles. The lowest BCUT2D eigenvalue weighted by molar-refractivity contribution is 0.0988. The van der Waals surface area contributed by atoms with Crippen molar-refractivity contribution in [1.29, 1.82) is 0 Å². The van der Waals surface area contributed by atoms with Gasteiger partial charge in [0.05, 0.1) is 24.2 Å². The van der Waals surface area contributed by atoms with E-state index in [2.05, 4.69) is 10.2 Å². The summed E-state index contributed by atoms with van der Waals surface area (Å²) in [6, 6.07) is 7.30. The van der Waals surface area contributed by atoms with E-state index in [0.717, 1.165) is 5.69 Å². The van der Waals surface area contributed by atoms with Gasteiger partial charge in [-0.3, -0.25) is 9.89 Å². The Morgan fingerprint density at radius 3 is 2.62 bits per heavy atom. The first-order valence-electron chi connectivity index (χ1n) is 6.72. The van der Waals surface area contributed by atoms with Gasteiger partial charge in [-0.15, -0.1) is 0 Å². The van der Waals surface area contributed by atoms with Gasteiger partial charge in [0.1, 0.15) is 5.75 Å². The number of carbonyl (C=O) groups excluding carboxylic acids is 1. The van der Waals surface area contributed by atoms with Crippen LogP contribution >= 0.6 is 0 Å². The Hall–Kier alpha value is -2.50. The lowest BCUT2D eigenvalue weighted by atomic mass is 10.1. The number of rotatable bonds is 4. The fraction of sp³-hybridized carbons (Fsp3) is 0.333. The zero-order valence-electron chi connectivity index (χ0n) is 12.7. The normalized spacial score (nSPS) is 10.7. The molecule has 0 fully saturated rings. The first-order chi connectivity index (χ1) is 9.97. The van der Waals surface area contributed by atoms with Gasteiger partial charge in [0, 0.05) is 7.05 Å². The Bertz CT molecular complexity index is 649. The molecule has 0 saturated carbocycles. The van der Waals surface area contributed by atoms with E-state index in [1.807, 2.05) is 32.0 Å². The number of hydrogen-bond donors (Lipinski definition) is 2. The highest BCUT2D eigenvalue weighted by molar-refractivity contribution is 6.08. The van der Waals surface area contributed by atoms with Crippen molar-refractivity contribution >= 4 is 17.3 Å². The third-order valence-corrected chi connectivity index (χ3v) is 3.36. The first-order valence-corrected chi connectivity index (χ1v) is 6.72. The fourth-order valence-corrected chi connectivity index (χ4v) is 2.14. The number of benzene rings is 1. The maximum Gasteiger partial charge on any atom is 0.280 e. The Morgan fingerprint density at radius 2 is 2.05 bits per heavy atom. The summed E-state index contributed by atoms with van der Waals surface area (Å²) in [6.07, 6.45) is 0. The molecule has 0 unspecified atom stereocenters. The summed E-state index contributed by atoms with van der Waals surface area (Å²) in [5.41, 5.74) is 8.08. The zero-order valence-corrected chi connectivity index (χ0v) is 12.7. The van der Waals surface area contributed by atoms with Gasteiger partial charge in [-0.1, -0.05) is 26.0 Å². The van der Waals surface area contributed by atoms with Crippen LogP contribution in [0.1, 0.15) is 35.9 Å². The maximum absolute atomic E-state index is 12.6. The summed E-state index contributed by atoms with van der Waals surface area (Å²) in [4.78, 5) is 14.1. The number of nitrogen functional groups attached to an aromatic ring is 1. The van der Waals surface area contributed by atoms with Crippen molar-refractivity contribution in [2.45, 2.75) is 19.8 Å². The molecule has 0 saturated heterocycles. The molecule has 0 spiro atoms. The van der Waals surface area contributed by atoms with Gasteiger partial charge in [-0.2, -0.15) is 5.10 Å². The lowest BCUT2D eigenvalue weighted by Crippen LogP contribution is -2.27. The van der Waals surface area contributed by atoms with Crippen LogP contribution in [0.5, 0.6) is 5.75 Å². The smallest absolute Gasteiger partial charge is 0.280 e. The largest absolute Gasteiger partial charge is 0.495 e. The number of amides is 1. The van der Waals surface area contributed by atoms with Crippen LogP contribution in [0.4, 0.5) is 11.4 Å². The van der Waals surface area contributed by atoms with Gasteiger partial charge in [0.15, 0.2) is 5.69 Å². The molecule has 1 amide bonds. The van der Waals surface area contributed by atoms with Crippen LogP contribution in [-0.4, -0.2) is 30.3 Å². The molecule has 6 nitrogen and oxygen atoms in total. The molecule has 0 bridgehead atoms. The summed E-state index contributed by atoms with van der Waals surface area (Å²) in [5.74, 6) is 0.516. The van der Waals surface area contributed by atoms with Gasteiger partial charge in [0.2, 0.25) is 0 Å². The molecular weight excluding hydrogens is 268 g/mol. The summed E-state index contributed by atoms with van der Waals surface area (Å²) in [6.45, 7) is 3.98. The molecule has 0 aliphatic heterocycles. The van der Waals surface area contributed by atoms with Gasteiger partial charge in [-0.25, -0.2) is 0 Å². The van der Waals surface area contributed by atoms with Crippen molar-refractivity contribution < 1.29 is 9.53 Å². The molecule has 2 aromatic rings. The number of H-pyrrole nitrogens is 1. The molecule has 0 aliphatic rings. The van der Waals surface area contributed by atoms with Crippen molar-refractivity contribution in [3.63, 3.8) is 0 Å². The van der Waals surface area contributed by atoms with Crippen LogP contribution in [0.25, 0.3) is 0 Å². The standard InChI is InChI=1S/C15H20N4O2/c1-9(2)13-12(16)14(18-17-13)15(20)19(3)10-7-5-6-8-11(10)21-4/h5-9H,16H2,1-4H3,(H,17,18). The number of para-hydroxylation sites is 2. The van der Waals surface area contributed by atoms with Crippen molar-refractivity contribution in [3.8, 4) is 5.75 Å². The average molecular weight is 288 g/mol. The van der Waals surface area contributed by atoms with Gasteiger partial charge < -0.3 is 15.4 Å². The van der Waals surface area contributed by atoms with Crippen molar-refractivity contribution in [1.82, 2.24) is 10.2 Å². The number of aromatic nitrogens is 2. The number of nitrogens with one attached hydrogen (secondary N) is 1. The van der Waals surface area contributed by atoms with E-state index in [1.165, 1.54) is 4.90 Å². The van der Waals surface area contributed by atoms with Gasteiger partial charge in [0.25, 0.3) is 5.91 Å². The number of carbonyl (C=O) groups is 1. The molecule has 2 rings (SSSR count). The highest BCUT2D eigenvalue weighted by Crippen LogP contribution is 2.29. The summed E-state index contributed by atoms with van der Waals surface area (Å²) in [7, 11) is 3.24. The maximum atomic E-state index is 12.6. The van der Waals surface area contributed by atoms with E-state index in [9.17, 15) is 4.79 Å². The molecule has 3 N–H and O–H groups in total. The van der Waals surface area contributed by atoms with Gasteiger partial charge >= 0.3 is 0 Å². The molecule has 1 aromatic carbocycles. The SMILES string of the molecule is COc1ccccc1N(C)C(=O)c1n[nH]c(C(C)C)c1N. The number of anilines is 2. The Kier molecular flexibility index (Phi) is 4.16. The second-order valence-electron chi connectivity index (χ2n) is 5.09. The predicted molar refractivity (Wildman–Crippen MR) is 82.8 cm³/mol. The van der Waals surface area contributed by atoms with E-state index >= 15 is 0 Å². The third kappa shape index (κ3) is 2.69. The van der Waals surface area contributed by atoms with E-state index in [4.69, 9.17) is 10.5 Å². The second-order valence-corrected chi connectivity index (χ2v) is 5.09. The van der Waals surface area contributed by atoms with Crippen LogP contribution in [0, 0.1) is 0 Å². The minimum atomic E-state index is -0.278. The quantitative estimate of drug-likeness (QED) is 0.904.